The van der Waals surface area contributed by atoms with Crippen molar-refractivity contribution in [3.63, 3.8) is 0 Å². The third-order valence-corrected chi connectivity index (χ3v) is 4.41. The molecule has 130 valence electrons. The van der Waals surface area contributed by atoms with Crippen molar-refractivity contribution in [2.75, 3.05) is 0 Å². The van der Waals surface area contributed by atoms with Crippen LogP contribution in [0, 0.1) is 19.7 Å². The van der Waals surface area contributed by atoms with Crippen molar-refractivity contribution in [3.05, 3.63) is 87.9 Å². The van der Waals surface area contributed by atoms with Crippen LogP contribution in [0.1, 0.15) is 16.8 Å². The van der Waals surface area contributed by atoms with E-state index in [1.807, 2.05) is 26.0 Å². The van der Waals surface area contributed by atoms with Crippen LogP contribution in [0.3, 0.4) is 0 Å². The molecule has 0 amide bonds. The first-order chi connectivity index (χ1) is 12.5. The van der Waals surface area contributed by atoms with Crippen LogP contribution >= 0.6 is 0 Å². The van der Waals surface area contributed by atoms with Gasteiger partial charge in [0.25, 0.3) is 5.56 Å². The van der Waals surface area contributed by atoms with Gasteiger partial charge in [-0.15, -0.1) is 0 Å². The van der Waals surface area contributed by atoms with Gasteiger partial charge < -0.3 is 0 Å². The second-order valence-electron chi connectivity index (χ2n) is 6.29. The Balaban J connectivity index is 2.03. The molecule has 0 N–H and O–H groups in total. The maximum absolute atomic E-state index is 13.7. The first-order valence-corrected chi connectivity index (χ1v) is 8.29. The molecule has 0 spiro atoms. The number of hydrogen-bond donors (Lipinski definition) is 0. The monoisotopic (exact) mass is 348 g/mol. The Morgan fingerprint density at radius 3 is 2.69 bits per heavy atom. The van der Waals surface area contributed by atoms with Crippen LogP contribution in [0.25, 0.3) is 16.7 Å². The molecule has 0 fully saturated rings. The minimum absolute atomic E-state index is 0.128. The van der Waals surface area contributed by atoms with Crippen molar-refractivity contribution in [1.82, 2.24) is 19.3 Å². The van der Waals surface area contributed by atoms with Crippen LogP contribution in [0.2, 0.25) is 0 Å². The van der Waals surface area contributed by atoms with E-state index in [1.54, 1.807) is 39.8 Å². The summed E-state index contributed by atoms with van der Waals surface area (Å²) >= 11 is 0. The quantitative estimate of drug-likeness (QED) is 0.570. The third-order valence-electron chi connectivity index (χ3n) is 4.41. The van der Waals surface area contributed by atoms with Crippen LogP contribution < -0.4 is 5.56 Å². The standard InChI is InChI=1S/C20H17FN4O/c1-13-9-18(26)24(12-15-5-4-8-22-11-15)20-19(13)14(2)23-25(20)17-7-3-6-16(21)10-17/h3-11H,12H2,1-2H3. The highest BCUT2D eigenvalue weighted by Crippen LogP contribution is 2.24. The predicted molar refractivity (Wildman–Crippen MR) is 98.1 cm³/mol. The van der Waals surface area contributed by atoms with Gasteiger partial charge in [0.15, 0.2) is 0 Å². The molecule has 4 rings (SSSR count). The number of nitrogens with zero attached hydrogens (tertiary/aromatic N) is 4. The Morgan fingerprint density at radius 2 is 1.96 bits per heavy atom. The normalized spacial score (nSPS) is 11.2. The number of benzene rings is 1. The van der Waals surface area contributed by atoms with E-state index in [9.17, 15) is 9.18 Å². The van der Waals surface area contributed by atoms with Crippen molar-refractivity contribution in [2.24, 2.45) is 0 Å². The van der Waals surface area contributed by atoms with E-state index >= 15 is 0 Å². The van der Waals surface area contributed by atoms with E-state index < -0.39 is 0 Å². The van der Waals surface area contributed by atoms with Gasteiger partial charge in [0.1, 0.15) is 11.5 Å². The fourth-order valence-electron chi connectivity index (χ4n) is 3.28. The summed E-state index contributed by atoms with van der Waals surface area (Å²) in [6.07, 6.45) is 3.42. The molecule has 4 aromatic rings. The van der Waals surface area contributed by atoms with Gasteiger partial charge in [-0.25, -0.2) is 9.07 Å². The van der Waals surface area contributed by atoms with Crippen LogP contribution in [0.5, 0.6) is 0 Å². The average molecular weight is 348 g/mol. The molecule has 26 heavy (non-hydrogen) atoms. The fraction of sp³-hybridized carbons (Fsp3) is 0.150. The smallest absolute Gasteiger partial charge is 0.252 e. The van der Waals surface area contributed by atoms with E-state index in [-0.39, 0.29) is 11.4 Å². The summed E-state index contributed by atoms with van der Waals surface area (Å²) in [5, 5.41) is 5.48. The molecule has 0 saturated carbocycles. The van der Waals surface area contributed by atoms with Gasteiger partial charge >= 0.3 is 0 Å². The average Bonchev–Trinajstić information content (AvgIpc) is 2.97. The van der Waals surface area contributed by atoms with E-state index in [4.69, 9.17) is 0 Å². The minimum Gasteiger partial charge on any atom is -0.288 e. The molecule has 3 aromatic heterocycles. The summed E-state index contributed by atoms with van der Waals surface area (Å²) in [5.74, 6) is -0.349. The molecule has 1 aromatic carbocycles. The number of pyridine rings is 2. The molecule has 0 aliphatic rings. The highest BCUT2D eigenvalue weighted by atomic mass is 19.1. The number of aryl methyl sites for hydroxylation is 2. The molecule has 5 nitrogen and oxygen atoms in total. The molecule has 3 heterocycles. The molecule has 0 aliphatic carbocycles. The Hall–Kier alpha value is -3.28. The van der Waals surface area contributed by atoms with Crippen LogP contribution in [-0.2, 0) is 6.54 Å². The zero-order valence-electron chi connectivity index (χ0n) is 14.5. The number of halogens is 1. The molecule has 0 aliphatic heterocycles. The minimum atomic E-state index is -0.349. The Bertz CT molecular complexity index is 1160. The first-order valence-electron chi connectivity index (χ1n) is 8.29. The molecule has 0 radical (unpaired) electrons. The van der Waals surface area contributed by atoms with Crippen molar-refractivity contribution in [1.29, 1.82) is 0 Å². The van der Waals surface area contributed by atoms with E-state index in [1.165, 1.54) is 12.1 Å². The Morgan fingerprint density at radius 1 is 1.12 bits per heavy atom. The lowest BCUT2D eigenvalue weighted by Gasteiger charge is -2.12. The van der Waals surface area contributed by atoms with Gasteiger partial charge in [-0.1, -0.05) is 12.1 Å². The Labute approximate surface area is 149 Å². The highest BCUT2D eigenvalue weighted by Gasteiger charge is 2.17. The topological polar surface area (TPSA) is 52.7 Å². The van der Waals surface area contributed by atoms with Crippen LogP contribution in [-0.4, -0.2) is 19.3 Å². The van der Waals surface area contributed by atoms with Crippen LogP contribution in [0.15, 0.2) is 59.7 Å². The van der Waals surface area contributed by atoms with Crippen molar-refractivity contribution in [2.45, 2.75) is 20.4 Å². The number of fused-ring (bicyclic) bond motifs is 1. The molecule has 0 atom stereocenters. The highest BCUT2D eigenvalue weighted by molar-refractivity contribution is 5.83. The lowest BCUT2D eigenvalue weighted by atomic mass is 10.1. The zero-order valence-corrected chi connectivity index (χ0v) is 14.5. The summed E-state index contributed by atoms with van der Waals surface area (Å²) in [6.45, 7) is 4.15. The van der Waals surface area contributed by atoms with E-state index in [0.717, 1.165) is 22.2 Å². The number of aromatic nitrogens is 4. The molecule has 6 heteroatoms. The van der Waals surface area contributed by atoms with Gasteiger partial charge in [0.2, 0.25) is 0 Å². The fourth-order valence-corrected chi connectivity index (χ4v) is 3.28. The summed E-state index contributed by atoms with van der Waals surface area (Å²) in [7, 11) is 0. The van der Waals surface area contributed by atoms with Gasteiger partial charge in [-0.2, -0.15) is 5.10 Å². The van der Waals surface area contributed by atoms with Gasteiger partial charge in [0, 0.05) is 23.8 Å². The largest absolute Gasteiger partial charge is 0.288 e. The SMILES string of the molecule is Cc1cc(=O)n(Cc2cccnc2)c2c1c(C)nn2-c1cccc(F)c1. The summed E-state index contributed by atoms with van der Waals surface area (Å²) < 4.78 is 17.0. The summed E-state index contributed by atoms with van der Waals surface area (Å²) in [4.78, 5) is 16.9. The second kappa shape index (κ2) is 6.22. The molecular formula is C20H17FN4O. The summed E-state index contributed by atoms with van der Waals surface area (Å²) in [5.41, 5.74) is 3.66. The lowest BCUT2D eigenvalue weighted by Crippen LogP contribution is -2.22. The van der Waals surface area contributed by atoms with Crippen molar-refractivity contribution < 1.29 is 4.39 Å². The van der Waals surface area contributed by atoms with E-state index in [2.05, 4.69) is 10.1 Å². The van der Waals surface area contributed by atoms with Gasteiger partial charge in [-0.3, -0.25) is 14.3 Å². The first kappa shape index (κ1) is 16.2. The van der Waals surface area contributed by atoms with Gasteiger partial charge in [-0.05, 0) is 49.2 Å². The van der Waals surface area contributed by atoms with Crippen molar-refractivity contribution in [3.8, 4) is 5.69 Å². The predicted octanol–water partition coefficient (Wildman–Crippen LogP) is 3.39. The Kier molecular flexibility index (Phi) is 3.88. The van der Waals surface area contributed by atoms with Gasteiger partial charge in [0.05, 0.1) is 17.9 Å². The third kappa shape index (κ3) is 2.69. The second-order valence-corrected chi connectivity index (χ2v) is 6.29. The maximum Gasteiger partial charge on any atom is 0.252 e. The zero-order chi connectivity index (χ0) is 18.3. The maximum atomic E-state index is 13.7. The van der Waals surface area contributed by atoms with E-state index in [0.29, 0.717) is 17.9 Å². The molecule has 0 unspecified atom stereocenters. The number of rotatable bonds is 3. The molecule has 0 saturated heterocycles. The lowest BCUT2D eigenvalue weighted by molar-refractivity contribution is 0.625. The molecular weight excluding hydrogens is 331 g/mol. The van der Waals surface area contributed by atoms with Crippen molar-refractivity contribution >= 4 is 11.0 Å². The summed E-state index contributed by atoms with van der Waals surface area (Å²) in [6, 6.07) is 11.6. The molecule has 0 bridgehead atoms. The number of hydrogen-bond acceptors (Lipinski definition) is 3. The van der Waals surface area contributed by atoms with Crippen LogP contribution in [0.4, 0.5) is 4.39 Å².